The van der Waals surface area contributed by atoms with Crippen LogP contribution in [0.5, 0.6) is 0 Å². The van der Waals surface area contributed by atoms with Gasteiger partial charge in [0.25, 0.3) is 0 Å². The third-order valence-corrected chi connectivity index (χ3v) is 1.23. The summed E-state index contributed by atoms with van der Waals surface area (Å²) in [5.41, 5.74) is 0. The molecule has 0 aliphatic carbocycles. The van der Waals surface area contributed by atoms with Gasteiger partial charge in [0.2, 0.25) is 0 Å². The largest absolute Gasteiger partial charge is 0.303 e. The van der Waals surface area contributed by atoms with Gasteiger partial charge in [-0.3, -0.25) is 4.39 Å². The molecule has 0 aromatic heterocycles. The highest BCUT2D eigenvalue weighted by Gasteiger charge is 2.02. The van der Waals surface area contributed by atoms with Crippen LogP contribution in [0.25, 0.3) is 0 Å². The second kappa shape index (κ2) is 4.75. The van der Waals surface area contributed by atoms with Crippen molar-refractivity contribution in [3.63, 3.8) is 0 Å². The topological polar surface area (TPSA) is 17.1 Å². The van der Waals surface area contributed by atoms with E-state index in [2.05, 4.69) is 0 Å². The van der Waals surface area contributed by atoms with Crippen LogP contribution in [-0.4, -0.2) is 13.0 Å². The van der Waals surface area contributed by atoms with E-state index in [0.717, 1.165) is 12.7 Å². The van der Waals surface area contributed by atoms with Crippen molar-refractivity contribution >= 4 is 6.29 Å². The average Bonchev–Trinajstić information content (AvgIpc) is 1.83. The maximum Gasteiger partial charge on any atom is 0.120 e. The Morgan fingerprint density at radius 3 is 2.50 bits per heavy atom. The molecule has 0 saturated carbocycles. The lowest BCUT2D eigenvalue weighted by atomic mass is 10.1. The lowest BCUT2D eigenvalue weighted by Gasteiger charge is -2.02. The molecular weight excluding hydrogens is 107 g/mol. The van der Waals surface area contributed by atoms with Crippen LogP contribution in [0, 0.1) is 5.92 Å². The second-order valence-corrected chi connectivity index (χ2v) is 1.83. The molecule has 1 atom stereocenters. The lowest BCUT2D eigenvalue weighted by molar-refractivity contribution is -0.108. The van der Waals surface area contributed by atoms with Crippen molar-refractivity contribution in [2.24, 2.45) is 5.92 Å². The molecule has 0 aromatic carbocycles. The molecule has 0 radical (unpaired) electrons. The summed E-state index contributed by atoms with van der Waals surface area (Å²) in [5, 5.41) is 0. The summed E-state index contributed by atoms with van der Waals surface area (Å²) in [6.07, 6.45) is 1.90. The van der Waals surface area contributed by atoms with Crippen molar-refractivity contribution in [3.8, 4) is 0 Å². The number of aldehydes is 1. The van der Waals surface area contributed by atoms with Crippen LogP contribution in [-0.2, 0) is 4.79 Å². The first-order valence-corrected chi connectivity index (χ1v) is 2.84. The molecule has 0 rings (SSSR count). The molecule has 0 spiro atoms. The number of hydrogen-bond donors (Lipinski definition) is 0. The number of rotatable bonds is 4. The molecule has 0 aliphatic heterocycles. The van der Waals surface area contributed by atoms with E-state index in [9.17, 15) is 9.18 Å². The molecule has 0 N–H and O–H groups in total. The third-order valence-electron chi connectivity index (χ3n) is 1.23. The molecule has 0 heterocycles. The normalized spacial score (nSPS) is 13.2. The quantitative estimate of drug-likeness (QED) is 0.512. The first kappa shape index (κ1) is 7.60. The van der Waals surface area contributed by atoms with Gasteiger partial charge in [-0.15, -0.1) is 0 Å². The summed E-state index contributed by atoms with van der Waals surface area (Å²) >= 11 is 0. The summed E-state index contributed by atoms with van der Waals surface area (Å²) < 4.78 is 11.7. The Morgan fingerprint density at radius 1 is 1.75 bits per heavy atom. The monoisotopic (exact) mass is 118 g/mol. The van der Waals surface area contributed by atoms with E-state index in [0.29, 0.717) is 6.42 Å². The van der Waals surface area contributed by atoms with E-state index in [1.807, 2.05) is 6.92 Å². The summed E-state index contributed by atoms with van der Waals surface area (Å²) in [5.74, 6) is -0.0347. The van der Waals surface area contributed by atoms with Crippen LogP contribution in [0.15, 0.2) is 0 Å². The van der Waals surface area contributed by atoms with Gasteiger partial charge in [-0.05, 0) is 5.92 Å². The zero-order valence-corrected chi connectivity index (χ0v) is 5.06. The maximum absolute atomic E-state index is 11.7. The van der Waals surface area contributed by atoms with Crippen LogP contribution in [0.2, 0.25) is 0 Å². The maximum atomic E-state index is 11.7. The molecule has 1 unspecified atom stereocenters. The average molecular weight is 118 g/mol. The minimum Gasteiger partial charge on any atom is -0.303 e. The molecule has 48 valence electrons. The molecule has 1 nitrogen and oxygen atoms in total. The van der Waals surface area contributed by atoms with Crippen molar-refractivity contribution in [1.29, 1.82) is 0 Å². The van der Waals surface area contributed by atoms with Gasteiger partial charge >= 0.3 is 0 Å². The number of alkyl halides is 1. The summed E-state index contributed by atoms with van der Waals surface area (Å²) in [4.78, 5) is 9.77. The number of halogens is 1. The Bertz CT molecular complexity index is 59.5. The Morgan fingerprint density at radius 2 is 2.38 bits per heavy atom. The van der Waals surface area contributed by atoms with E-state index in [4.69, 9.17) is 0 Å². The fraction of sp³-hybridized carbons (Fsp3) is 0.833. The highest BCUT2D eigenvalue weighted by molar-refractivity contribution is 5.49. The Hall–Kier alpha value is -0.400. The second-order valence-electron chi connectivity index (χ2n) is 1.83. The summed E-state index contributed by atoms with van der Waals surface area (Å²) in [7, 11) is 0. The smallest absolute Gasteiger partial charge is 0.120 e. The number of carbonyl (C=O) groups excluding carboxylic acids is 1. The van der Waals surface area contributed by atoms with Crippen molar-refractivity contribution < 1.29 is 9.18 Å². The van der Waals surface area contributed by atoms with Crippen LogP contribution >= 0.6 is 0 Å². The van der Waals surface area contributed by atoms with E-state index in [1.165, 1.54) is 0 Å². The molecule has 8 heavy (non-hydrogen) atoms. The Kier molecular flexibility index (Phi) is 4.51. The van der Waals surface area contributed by atoms with E-state index in [-0.39, 0.29) is 12.6 Å². The highest BCUT2D eigenvalue weighted by atomic mass is 19.1. The standard InChI is InChI=1S/C6H11FO/c1-2-6(5-7)3-4-8/h4,6H,2-3,5H2,1H3. The minimum atomic E-state index is -0.366. The summed E-state index contributed by atoms with van der Waals surface area (Å²) in [6.45, 7) is 1.52. The lowest BCUT2D eigenvalue weighted by Crippen LogP contribution is -2.00. The van der Waals surface area contributed by atoms with Gasteiger partial charge in [0.05, 0.1) is 6.67 Å². The van der Waals surface area contributed by atoms with Crippen LogP contribution in [0.4, 0.5) is 4.39 Å². The molecular formula is C6H11FO. The molecule has 0 aliphatic rings. The SMILES string of the molecule is CCC(CF)CC=O. The van der Waals surface area contributed by atoms with Crippen LogP contribution in [0.1, 0.15) is 19.8 Å². The fourth-order valence-electron chi connectivity index (χ4n) is 0.475. The van der Waals surface area contributed by atoms with Crippen molar-refractivity contribution in [2.75, 3.05) is 6.67 Å². The van der Waals surface area contributed by atoms with E-state index < -0.39 is 0 Å². The van der Waals surface area contributed by atoms with Gasteiger partial charge in [0, 0.05) is 6.42 Å². The van der Waals surface area contributed by atoms with E-state index >= 15 is 0 Å². The molecule has 0 fully saturated rings. The first-order valence-electron chi connectivity index (χ1n) is 2.84. The van der Waals surface area contributed by atoms with Gasteiger partial charge in [-0.2, -0.15) is 0 Å². The molecule has 0 saturated heterocycles. The van der Waals surface area contributed by atoms with Crippen LogP contribution < -0.4 is 0 Å². The predicted octanol–water partition coefficient (Wildman–Crippen LogP) is 1.57. The third kappa shape index (κ3) is 2.72. The van der Waals surface area contributed by atoms with Gasteiger partial charge in [0.15, 0.2) is 0 Å². The van der Waals surface area contributed by atoms with Crippen molar-refractivity contribution in [1.82, 2.24) is 0 Å². The minimum absolute atomic E-state index is 0.0347. The first-order chi connectivity index (χ1) is 3.85. The molecule has 0 bridgehead atoms. The fourth-order valence-corrected chi connectivity index (χ4v) is 0.475. The Labute approximate surface area is 48.9 Å². The zero-order valence-electron chi connectivity index (χ0n) is 5.06. The zero-order chi connectivity index (χ0) is 6.41. The number of hydrogen-bond acceptors (Lipinski definition) is 1. The van der Waals surface area contributed by atoms with Crippen molar-refractivity contribution in [3.05, 3.63) is 0 Å². The Balaban J connectivity index is 3.20. The molecule has 0 amide bonds. The molecule has 2 heteroatoms. The number of carbonyl (C=O) groups is 1. The van der Waals surface area contributed by atoms with E-state index in [1.54, 1.807) is 0 Å². The van der Waals surface area contributed by atoms with Gasteiger partial charge < -0.3 is 4.79 Å². The predicted molar refractivity (Wildman–Crippen MR) is 30.4 cm³/mol. The van der Waals surface area contributed by atoms with Crippen LogP contribution in [0.3, 0.4) is 0 Å². The van der Waals surface area contributed by atoms with Gasteiger partial charge in [-0.1, -0.05) is 13.3 Å². The van der Waals surface area contributed by atoms with Crippen molar-refractivity contribution in [2.45, 2.75) is 19.8 Å². The van der Waals surface area contributed by atoms with Gasteiger partial charge in [-0.25, -0.2) is 0 Å². The highest BCUT2D eigenvalue weighted by Crippen LogP contribution is 2.05. The molecule has 0 aromatic rings. The van der Waals surface area contributed by atoms with Gasteiger partial charge in [0.1, 0.15) is 6.29 Å². The summed E-state index contributed by atoms with van der Waals surface area (Å²) in [6, 6.07) is 0.